The maximum absolute atomic E-state index is 11.8. The molecule has 0 atom stereocenters. The minimum atomic E-state index is -4.80. The lowest BCUT2D eigenvalue weighted by Crippen LogP contribution is -2.36. The molecule has 0 saturated carbocycles. The molecule has 0 fully saturated rings. The van der Waals surface area contributed by atoms with Crippen LogP contribution in [0.25, 0.3) is 0 Å². The van der Waals surface area contributed by atoms with Gasteiger partial charge in [0.05, 0.1) is 6.54 Å². The average Bonchev–Trinajstić information content (AvgIpc) is 2.41. The van der Waals surface area contributed by atoms with Crippen LogP contribution in [0.1, 0.15) is 15.3 Å². The zero-order chi connectivity index (χ0) is 11.6. The van der Waals surface area contributed by atoms with Crippen molar-refractivity contribution in [1.82, 2.24) is 5.32 Å². The van der Waals surface area contributed by atoms with Crippen LogP contribution in [-0.4, -0.2) is 12.1 Å². The molecule has 2 nitrogen and oxygen atoms in total. The van der Waals surface area contributed by atoms with E-state index in [0.717, 1.165) is 15.3 Å². The number of hydrogen-bond donors (Lipinski definition) is 1. The molecular formula is C9H10F3NOS. The highest BCUT2D eigenvalue weighted by Crippen LogP contribution is 2.21. The van der Waals surface area contributed by atoms with Gasteiger partial charge in [-0.1, -0.05) is 0 Å². The molecule has 6 heteroatoms. The predicted molar refractivity (Wildman–Crippen MR) is 51.7 cm³/mol. The van der Waals surface area contributed by atoms with E-state index in [2.05, 4.69) is 0 Å². The van der Waals surface area contributed by atoms with Crippen molar-refractivity contribution < 1.29 is 18.0 Å². The van der Waals surface area contributed by atoms with E-state index >= 15 is 0 Å². The van der Waals surface area contributed by atoms with Crippen LogP contribution in [0.3, 0.4) is 0 Å². The Bertz CT molecular complexity index is 350. The summed E-state index contributed by atoms with van der Waals surface area (Å²) in [6, 6.07) is 1.77. The van der Waals surface area contributed by atoms with E-state index in [1.165, 1.54) is 11.3 Å². The van der Waals surface area contributed by atoms with Crippen molar-refractivity contribution >= 4 is 17.2 Å². The van der Waals surface area contributed by atoms with Gasteiger partial charge in [-0.25, -0.2) is 0 Å². The van der Waals surface area contributed by atoms with Crippen molar-refractivity contribution in [3.05, 3.63) is 21.4 Å². The predicted octanol–water partition coefficient (Wildman–Crippen LogP) is 2.54. The van der Waals surface area contributed by atoms with Crippen LogP contribution in [-0.2, 0) is 11.3 Å². The molecule has 1 rings (SSSR count). The smallest absolute Gasteiger partial charge is 0.343 e. The third-order valence-corrected chi connectivity index (χ3v) is 3.05. The van der Waals surface area contributed by atoms with Crippen LogP contribution in [0.4, 0.5) is 13.2 Å². The molecule has 1 aromatic rings. The number of carbonyl (C=O) groups excluding carboxylic acids is 1. The van der Waals surface area contributed by atoms with Crippen molar-refractivity contribution in [2.75, 3.05) is 0 Å². The number of halogens is 3. The number of hydrogen-bond acceptors (Lipinski definition) is 2. The molecule has 0 aromatic carbocycles. The second-order valence-electron chi connectivity index (χ2n) is 3.13. The fraction of sp³-hybridized carbons (Fsp3) is 0.444. The summed E-state index contributed by atoms with van der Waals surface area (Å²) in [5.74, 6) is -1.90. The summed E-state index contributed by atoms with van der Waals surface area (Å²) < 4.78 is 35.5. The lowest BCUT2D eigenvalue weighted by Gasteiger charge is -2.05. The number of carbonyl (C=O) groups is 1. The van der Waals surface area contributed by atoms with Gasteiger partial charge in [0.15, 0.2) is 0 Å². The van der Waals surface area contributed by atoms with E-state index in [4.69, 9.17) is 0 Å². The minimum absolute atomic E-state index is 0.0717. The maximum Gasteiger partial charge on any atom is 0.471 e. The van der Waals surface area contributed by atoms with Crippen LogP contribution in [0.2, 0.25) is 0 Å². The van der Waals surface area contributed by atoms with Crippen LogP contribution in [0, 0.1) is 13.8 Å². The molecule has 0 radical (unpaired) electrons. The van der Waals surface area contributed by atoms with Crippen molar-refractivity contribution in [2.45, 2.75) is 26.6 Å². The first-order valence-electron chi connectivity index (χ1n) is 4.21. The van der Waals surface area contributed by atoms with Gasteiger partial charge in [-0.05, 0) is 25.5 Å². The van der Waals surface area contributed by atoms with Crippen LogP contribution < -0.4 is 5.32 Å². The summed E-state index contributed by atoms with van der Waals surface area (Å²) in [5.41, 5.74) is 1.02. The Labute approximate surface area is 89.1 Å². The van der Waals surface area contributed by atoms with Crippen LogP contribution in [0.15, 0.2) is 6.07 Å². The lowest BCUT2D eigenvalue weighted by atomic mass is 10.3. The molecule has 1 aromatic heterocycles. The van der Waals surface area contributed by atoms with Crippen molar-refractivity contribution in [3.63, 3.8) is 0 Å². The number of alkyl halides is 3. The van der Waals surface area contributed by atoms with Gasteiger partial charge < -0.3 is 5.32 Å². The third kappa shape index (κ3) is 3.23. The summed E-state index contributed by atoms with van der Waals surface area (Å²) in [6.07, 6.45) is -4.80. The summed E-state index contributed by atoms with van der Waals surface area (Å²) in [5, 5.41) is 1.83. The van der Waals surface area contributed by atoms with Gasteiger partial charge in [0.1, 0.15) is 0 Å². The van der Waals surface area contributed by atoms with E-state index in [-0.39, 0.29) is 6.54 Å². The third-order valence-electron chi connectivity index (χ3n) is 1.90. The van der Waals surface area contributed by atoms with Gasteiger partial charge in [0, 0.05) is 9.75 Å². The summed E-state index contributed by atoms with van der Waals surface area (Å²) >= 11 is 1.38. The van der Waals surface area contributed by atoms with Crippen LogP contribution in [0.5, 0.6) is 0 Å². The Morgan fingerprint density at radius 1 is 1.47 bits per heavy atom. The zero-order valence-electron chi connectivity index (χ0n) is 8.23. The Balaban J connectivity index is 2.55. The van der Waals surface area contributed by atoms with Crippen molar-refractivity contribution in [3.8, 4) is 0 Å². The van der Waals surface area contributed by atoms with E-state index in [1.54, 1.807) is 6.07 Å². The molecule has 1 heterocycles. The molecule has 0 saturated heterocycles. The SMILES string of the molecule is Cc1cc(CNC(=O)C(F)(F)F)sc1C. The van der Waals surface area contributed by atoms with Gasteiger partial charge in [-0.15, -0.1) is 11.3 Å². The summed E-state index contributed by atoms with van der Waals surface area (Å²) in [4.78, 5) is 12.3. The molecule has 0 aliphatic heterocycles. The van der Waals surface area contributed by atoms with E-state index in [0.29, 0.717) is 0 Å². The molecular weight excluding hydrogens is 227 g/mol. The Kier molecular flexibility index (Phi) is 3.38. The maximum atomic E-state index is 11.8. The first-order chi connectivity index (χ1) is 6.80. The largest absolute Gasteiger partial charge is 0.471 e. The molecule has 15 heavy (non-hydrogen) atoms. The minimum Gasteiger partial charge on any atom is -0.343 e. The monoisotopic (exact) mass is 237 g/mol. The number of thiophene rings is 1. The molecule has 0 aliphatic carbocycles. The molecule has 84 valence electrons. The quantitative estimate of drug-likeness (QED) is 0.841. The van der Waals surface area contributed by atoms with E-state index in [1.807, 2.05) is 19.2 Å². The summed E-state index contributed by atoms with van der Waals surface area (Å²) in [7, 11) is 0. The Hall–Kier alpha value is -1.04. The fourth-order valence-corrected chi connectivity index (χ4v) is 2.00. The molecule has 0 aliphatic rings. The highest BCUT2D eigenvalue weighted by Gasteiger charge is 2.38. The number of aryl methyl sites for hydroxylation is 2. The zero-order valence-corrected chi connectivity index (χ0v) is 9.05. The molecule has 0 spiro atoms. The normalized spacial score (nSPS) is 11.5. The first kappa shape index (κ1) is 12.0. The number of amides is 1. The number of rotatable bonds is 2. The second kappa shape index (κ2) is 4.22. The van der Waals surface area contributed by atoms with Crippen molar-refractivity contribution in [2.24, 2.45) is 0 Å². The molecule has 1 amide bonds. The average molecular weight is 237 g/mol. The summed E-state index contributed by atoms with van der Waals surface area (Å²) in [6.45, 7) is 3.69. The van der Waals surface area contributed by atoms with Gasteiger partial charge >= 0.3 is 12.1 Å². The standard InChI is InChI=1S/C9H10F3NOS/c1-5-3-7(15-6(5)2)4-13-8(14)9(10,11)12/h3H,4H2,1-2H3,(H,13,14). The first-order valence-corrected chi connectivity index (χ1v) is 5.03. The van der Waals surface area contributed by atoms with Gasteiger partial charge in [-0.2, -0.15) is 13.2 Å². The molecule has 0 bridgehead atoms. The highest BCUT2D eigenvalue weighted by molar-refractivity contribution is 7.12. The van der Waals surface area contributed by atoms with Gasteiger partial charge in [0.2, 0.25) is 0 Å². The van der Waals surface area contributed by atoms with Crippen LogP contribution >= 0.6 is 11.3 Å². The lowest BCUT2D eigenvalue weighted by molar-refractivity contribution is -0.173. The van der Waals surface area contributed by atoms with E-state index in [9.17, 15) is 18.0 Å². The Morgan fingerprint density at radius 2 is 2.07 bits per heavy atom. The molecule has 0 unspecified atom stereocenters. The highest BCUT2D eigenvalue weighted by atomic mass is 32.1. The fourth-order valence-electron chi connectivity index (χ4n) is 1.00. The van der Waals surface area contributed by atoms with E-state index < -0.39 is 12.1 Å². The number of nitrogens with one attached hydrogen (secondary N) is 1. The van der Waals surface area contributed by atoms with Gasteiger partial charge in [0.25, 0.3) is 0 Å². The van der Waals surface area contributed by atoms with Crippen molar-refractivity contribution in [1.29, 1.82) is 0 Å². The second-order valence-corrected chi connectivity index (χ2v) is 4.47. The topological polar surface area (TPSA) is 29.1 Å². The molecule has 1 N–H and O–H groups in total. The Morgan fingerprint density at radius 3 is 2.47 bits per heavy atom. The van der Waals surface area contributed by atoms with Gasteiger partial charge in [-0.3, -0.25) is 4.79 Å².